The Labute approximate surface area is 85.3 Å². The lowest BCUT2D eigenvalue weighted by atomic mass is 10.3. The maximum absolute atomic E-state index is 12.4. The van der Waals surface area contributed by atoms with Crippen LogP contribution in [-0.2, 0) is 9.53 Å². The zero-order valence-corrected chi connectivity index (χ0v) is 7.99. The first-order valence-corrected chi connectivity index (χ1v) is 4.10. The molecule has 0 fully saturated rings. The van der Waals surface area contributed by atoms with E-state index < -0.39 is 17.8 Å². The number of halogens is 1. The van der Waals surface area contributed by atoms with Gasteiger partial charge >= 0.3 is 5.97 Å². The highest BCUT2D eigenvalue weighted by molar-refractivity contribution is 5.95. The van der Waals surface area contributed by atoms with Crippen molar-refractivity contribution in [3.8, 4) is 0 Å². The van der Waals surface area contributed by atoms with E-state index in [0.717, 1.165) is 12.3 Å². The number of hydrogen-bond donors (Lipinski definition) is 1. The van der Waals surface area contributed by atoms with Crippen molar-refractivity contribution in [3.05, 3.63) is 29.8 Å². The summed E-state index contributed by atoms with van der Waals surface area (Å²) in [5.41, 5.74) is 0.181. The van der Waals surface area contributed by atoms with Crippen LogP contribution in [0.15, 0.2) is 18.3 Å². The van der Waals surface area contributed by atoms with Gasteiger partial charge in [0.15, 0.2) is 0 Å². The highest BCUT2D eigenvalue weighted by atomic mass is 19.1. The summed E-state index contributed by atoms with van der Waals surface area (Å²) >= 11 is 0. The van der Waals surface area contributed by atoms with Crippen LogP contribution < -0.4 is 5.32 Å². The second-order valence-corrected chi connectivity index (χ2v) is 2.63. The molecule has 1 amide bonds. The number of nitrogens with one attached hydrogen (secondary N) is 1. The van der Waals surface area contributed by atoms with Gasteiger partial charge in [0.1, 0.15) is 6.54 Å². The zero-order valence-electron chi connectivity index (χ0n) is 7.99. The first kappa shape index (κ1) is 11.1. The van der Waals surface area contributed by atoms with Crippen molar-refractivity contribution in [1.29, 1.82) is 0 Å². The summed E-state index contributed by atoms with van der Waals surface area (Å²) in [5, 5.41) is 2.29. The maximum Gasteiger partial charge on any atom is 0.325 e. The smallest absolute Gasteiger partial charge is 0.325 e. The van der Waals surface area contributed by atoms with Crippen molar-refractivity contribution >= 4 is 11.9 Å². The minimum absolute atomic E-state index is 0.181. The molecule has 0 aliphatic carbocycles. The average molecular weight is 212 g/mol. The molecule has 1 N–H and O–H groups in total. The van der Waals surface area contributed by atoms with Crippen LogP contribution in [0.1, 0.15) is 10.4 Å². The molecule has 1 aromatic rings. The summed E-state index contributed by atoms with van der Waals surface area (Å²) in [6.45, 7) is -0.229. The predicted octanol–water partition coefficient (Wildman–Crippen LogP) is 0.123. The number of ether oxygens (including phenoxy) is 1. The van der Waals surface area contributed by atoms with Gasteiger partial charge in [-0.3, -0.25) is 9.59 Å². The Bertz CT molecular complexity index is 364. The lowest BCUT2D eigenvalue weighted by Gasteiger charge is -2.02. The van der Waals surface area contributed by atoms with Gasteiger partial charge < -0.3 is 10.1 Å². The number of carbonyl (C=O) groups is 2. The number of nitrogens with zero attached hydrogens (tertiary/aromatic N) is 1. The molecule has 0 aliphatic rings. The van der Waals surface area contributed by atoms with Crippen LogP contribution in [0, 0.1) is 5.95 Å². The van der Waals surface area contributed by atoms with Crippen LogP contribution in [0.4, 0.5) is 4.39 Å². The molecule has 0 aliphatic heterocycles. The standard InChI is InChI=1S/C9H9FN2O3/c1-15-8(13)5-12-9(14)6-2-3-7(10)11-4-6/h2-4H,5H2,1H3,(H,12,14). The van der Waals surface area contributed by atoms with Gasteiger partial charge in [-0.25, -0.2) is 4.98 Å². The highest BCUT2D eigenvalue weighted by Crippen LogP contribution is 1.98. The van der Waals surface area contributed by atoms with Crippen molar-refractivity contribution in [2.24, 2.45) is 0 Å². The van der Waals surface area contributed by atoms with Crippen LogP contribution in [0.3, 0.4) is 0 Å². The van der Waals surface area contributed by atoms with E-state index in [1.165, 1.54) is 13.2 Å². The van der Waals surface area contributed by atoms with Crippen LogP contribution in [-0.4, -0.2) is 30.5 Å². The number of esters is 1. The lowest BCUT2D eigenvalue weighted by Crippen LogP contribution is -2.30. The Morgan fingerprint density at radius 1 is 1.53 bits per heavy atom. The number of hydrogen-bond acceptors (Lipinski definition) is 4. The Morgan fingerprint density at radius 3 is 2.80 bits per heavy atom. The molecule has 1 aromatic heterocycles. The molecule has 80 valence electrons. The zero-order chi connectivity index (χ0) is 11.3. The summed E-state index contributed by atoms with van der Waals surface area (Å²) in [7, 11) is 1.22. The minimum Gasteiger partial charge on any atom is -0.468 e. The molecule has 0 saturated carbocycles. The van der Waals surface area contributed by atoms with Gasteiger partial charge in [0.25, 0.3) is 5.91 Å². The van der Waals surface area contributed by atoms with Gasteiger partial charge in [0.2, 0.25) is 5.95 Å². The summed E-state index contributed by atoms with van der Waals surface area (Å²) in [6.07, 6.45) is 1.09. The number of rotatable bonds is 3. The van der Waals surface area contributed by atoms with Gasteiger partial charge in [-0.05, 0) is 12.1 Å². The number of amides is 1. The second-order valence-electron chi connectivity index (χ2n) is 2.63. The third-order valence-corrected chi connectivity index (χ3v) is 1.61. The molecule has 1 heterocycles. The van der Waals surface area contributed by atoms with E-state index in [-0.39, 0.29) is 12.1 Å². The summed E-state index contributed by atoms with van der Waals surface area (Å²) in [5.74, 6) is -1.73. The number of carbonyl (C=O) groups excluding carboxylic acids is 2. The highest BCUT2D eigenvalue weighted by Gasteiger charge is 2.08. The van der Waals surface area contributed by atoms with Crippen molar-refractivity contribution < 1.29 is 18.7 Å². The normalized spacial score (nSPS) is 9.47. The fourth-order valence-corrected chi connectivity index (χ4v) is 0.837. The van der Waals surface area contributed by atoms with E-state index in [0.29, 0.717) is 0 Å². The van der Waals surface area contributed by atoms with Crippen LogP contribution in [0.5, 0.6) is 0 Å². The number of aromatic nitrogens is 1. The summed E-state index contributed by atoms with van der Waals surface area (Å²) in [6, 6.07) is 2.34. The second kappa shape index (κ2) is 5.04. The van der Waals surface area contributed by atoms with Crippen LogP contribution in [0.2, 0.25) is 0 Å². The molecular weight excluding hydrogens is 203 g/mol. The molecule has 1 rings (SSSR count). The average Bonchev–Trinajstić information content (AvgIpc) is 2.26. The van der Waals surface area contributed by atoms with Crippen molar-refractivity contribution in [2.75, 3.05) is 13.7 Å². The van der Waals surface area contributed by atoms with E-state index in [4.69, 9.17) is 0 Å². The third kappa shape index (κ3) is 3.34. The topological polar surface area (TPSA) is 68.3 Å². The van der Waals surface area contributed by atoms with Crippen LogP contribution in [0.25, 0.3) is 0 Å². The first-order valence-electron chi connectivity index (χ1n) is 4.10. The molecule has 0 aromatic carbocycles. The largest absolute Gasteiger partial charge is 0.468 e. The quantitative estimate of drug-likeness (QED) is 0.571. The molecule has 15 heavy (non-hydrogen) atoms. The Hall–Kier alpha value is -1.98. The van der Waals surface area contributed by atoms with Gasteiger partial charge in [-0.15, -0.1) is 0 Å². The third-order valence-electron chi connectivity index (χ3n) is 1.61. The lowest BCUT2D eigenvalue weighted by molar-refractivity contribution is -0.139. The molecule has 6 heteroatoms. The molecule has 0 unspecified atom stereocenters. The van der Waals surface area contributed by atoms with Gasteiger partial charge in [-0.2, -0.15) is 4.39 Å². The van der Waals surface area contributed by atoms with Gasteiger partial charge in [0, 0.05) is 6.20 Å². The molecule has 0 radical (unpaired) electrons. The predicted molar refractivity (Wildman–Crippen MR) is 48.5 cm³/mol. The van der Waals surface area contributed by atoms with Crippen molar-refractivity contribution in [1.82, 2.24) is 10.3 Å². The Kier molecular flexibility index (Phi) is 3.73. The maximum atomic E-state index is 12.4. The minimum atomic E-state index is -0.667. The monoisotopic (exact) mass is 212 g/mol. The summed E-state index contributed by atoms with van der Waals surface area (Å²) < 4.78 is 16.7. The molecule has 0 spiro atoms. The van der Waals surface area contributed by atoms with Crippen molar-refractivity contribution in [2.45, 2.75) is 0 Å². The number of pyridine rings is 1. The van der Waals surface area contributed by atoms with Gasteiger partial charge in [-0.1, -0.05) is 0 Å². The summed E-state index contributed by atoms with van der Waals surface area (Å²) in [4.78, 5) is 25.3. The van der Waals surface area contributed by atoms with Gasteiger partial charge in [0.05, 0.1) is 12.7 Å². The SMILES string of the molecule is COC(=O)CNC(=O)c1ccc(F)nc1. The van der Waals surface area contributed by atoms with E-state index >= 15 is 0 Å². The van der Waals surface area contributed by atoms with E-state index in [1.54, 1.807) is 0 Å². The fourth-order valence-electron chi connectivity index (χ4n) is 0.837. The molecule has 0 bridgehead atoms. The Morgan fingerprint density at radius 2 is 2.27 bits per heavy atom. The van der Waals surface area contributed by atoms with Crippen LogP contribution >= 0.6 is 0 Å². The molecule has 0 atom stereocenters. The Balaban J connectivity index is 2.54. The van der Waals surface area contributed by atoms with E-state index in [9.17, 15) is 14.0 Å². The first-order chi connectivity index (χ1) is 7.13. The fraction of sp³-hybridized carbons (Fsp3) is 0.222. The van der Waals surface area contributed by atoms with Crippen molar-refractivity contribution in [3.63, 3.8) is 0 Å². The molecular formula is C9H9FN2O3. The molecule has 5 nitrogen and oxygen atoms in total. The number of methoxy groups -OCH3 is 1. The molecule has 0 saturated heterocycles. The van der Waals surface area contributed by atoms with E-state index in [1.807, 2.05) is 0 Å². The van der Waals surface area contributed by atoms with E-state index in [2.05, 4.69) is 15.0 Å².